The smallest absolute Gasteiger partial charge is 0.247 e. The lowest BCUT2D eigenvalue weighted by Crippen LogP contribution is -2.36. The number of sulfonamides is 1. The fourth-order valence-electron chi connectivity index (χ4n) is 2.03. The van der Waals surface area contributed by atoms with Crippen molar-refractivity contribution in [3.63, 3.8) is 0 Å². The maximum atomic E-state index is 11.5. The molecule has 0 radical (unpaired) electrons. The van der Waals surface area contributed by atoms with Crippen LogP contribution in [0.15, 0.2) is 14.5 Å². The molecule has 6 nitrogen and oxygen atoms in total. The van der Waals surface area contributed by atoms with Gasteiger partial charge in [0.15, 0.2) is 0 Å². The molecule has 1 aliphatic heterocycles. The molecule has 0 aliphatic carbocycles. The summed E-state index contributed by atoms with van der Waals surface area (Å²) in [5.41, 5.74) is 1.03. The van der Waals surface area contributed by atoms with Gasteiger partial charge < -0.3 is 10.1 Å². The summed E-state index contributed by atoms with van der Waals surface area (Å²) in [6.07, 6.45) is 0. The molecule has 1 aromatic heterocycles. The van der Waals surface area contributed by atoms with Gasteiger partial charge in [-0.2, -0.15) is 0 Å². The van der Waals surface area contributed by atoms with Crippen molar-refractivity contribution >= 4 is 33.3 Å². The van der Waals surface area contributed by atoms with Crippen LogP contribution in [0.2, 0.25) is 0 Å². The van der Waals surface area contributed by atoms with Crippen LogP contribution in [0.3, 0.4) is 0 Å². The van der Waals surface area contributed by atoms with Crippen molar-refractivity contribution < 1.29 is 13.2 Å². The van der Waals surface area contributed by atoms with Crippen LogP contribution in [-0.4, -0.2) is 46.1 Å². The number of nitrogens with one attached hydrogen (secondary N) is 1. The van der Waals surface area contributed by atoms with Gasteiger partial charge in [0.05, 0.1) is 10.8 Å². The molecule has 20 heavy (non-hydrogen) atoms. The van der Waals surface area contributed by atoms with E-state index in [0.29, 0.717) is 6.61 Å². The van der Waals surface area contributed by atoms with Crippen molar-refractivity contribution in [1.82, 2.24) is 9.62 Å². The number of rotatable bonds is 6. The van der Waals surface area contributed by atoms with Gasteiger partial charge in [-0.3, -0.25) is 0 Å². The van der Waals surface area contributed by atoms with Crippen molar-refractivity contribution in [2.45, 2.75) is 21.4 Å². The van der Waals surface area contributed by atoms with Gasteiger partial charge in [-0.25, -0.2) is 17.9 Å². The molecular weight excluding hydrogens is 318 g/mol. The Morgan fingerprint density at radius 2 is 2.35 bits per heavy atom. The molecule has 0 aromatic carbocycles. The fourth-order valence-corrected chi connectivity index (χ4v) is 5.54. The zero-order valence-corrected chi connectivity index (χ0v) is 13.9. The zero-order chi connectivity index (χ0) is 14.8. The first-order valence-corrected chi connectivity index (χ1v) is 9.41. The summed E-state index contributed by atoms with van der Waals surface area (Å²) in [4.78, 5) is 0. The first kappa shape index (κ1) is 16.2. The molecule has 0 saturated carbocycles. The number of methoxy groups -OCH3 is 1. The van der Waals surface area contributed by atoms with E-state index < -0.39 is 10.0 Å². The molecule has 0 amide bonds. The molecule has 9 heteroatoms. The largest absolute Gasteiger partial charge is 0.383 e. The van der Waals surface area contributed by atoms with E-state index in [9.17, 15) is 8.42 Å². The van der Waals surface area contributed by atoms with Gasteiger partial charge in [-0.15, -0.1) is 11.3 Å². The minimum atomic E-state index is -3.64. The van der Waals surface area contributed by atoms with E-state index in [4.69, 9.17) is 9.88 Å². The maximum absolute atomic E-state index is 11.5. The number of hydrogen-bond donors (Lipinski definition) is 2. The van der Waals surface area contributed by atoms with E-state index in [0.717, 1.165) is 29.4 Å². The fraction of sp³-hybridized carbons (Fsp3) is 0.636. The van der Waals surface area contributed by atoms with Gasteiger partial charge in [-0.1, -0.05) is 6.92 Å². The Labute approximate surface area is 127 Å². The monoisotopic (exact) mass is 337 g/mol. The summed E-state index contributed by atoms with van der Waals surface area (Å²) < 4.78 is 31.5. The van der Waals surface area contributed by atoms with E-state index in [1.54, 1.807) is 25.1 Å². The van der Waals surface area contributed by atoms with Gasteiger partial charge in [0, 0.05) is 26.2 Å². The Bertz CT molecular complexity index is 559. The second-order valence-corrected chi connectivity index (χ2v) is 8.64. The Morgan fingerprint density at radius 1 is 1.60 bits per heavy atom. The molecule has 1 atom stereocenters. The lowest BCUT2D eigenvalue weighted by atomic mass is 10.1. The molecule has 0 unspecified atom stereocenters. The molecule has 0 fully saturated rings. The third kappa shape index (κ3) is 3.73. The van der Waals surface area contributed by atoms with Crippen LogP contribution < -0.4 is 10.5 Å². The normalized spacial score (nSPS) is 20.1. The van der Waals surface area contributed by atoms with Crippen LogP contribution >= 0.6 is 23.3 Å². The van der Waals surface area contributed by atoms with Gasteiger partial charge >= 0.3 is 0 Å². The predicted molar refractivity (Wildman–Crippen MR) is 81.4 cm³/mol. The highest BCUT2D eigenvalue weighted by molar-refractivity contribution is 7.99. The molecule has 1 aromatic rings. The molecule has 2 rings (SSSR count). The summed E-state index contributed by atoms with van der Waals surface area (Å²) >= 11 is 2.81. The van der Waals surface area contributed by atoms with Crippen LogP contribution in [0.5, 0.6) is 0 Å². The highest BCUT2D eigenvalue weighted by Crippen LogP contribution is 2.43. The number of nitrogens with zero attached hydrogens (tertiary/aromatic N) is 1. The summed E-state index contributed by atoms with van der Waals surface area (Å²) in [6.45, 7) is 5.12. The van der Waals surface area contributed by atoms with Gasteiger partial charge in [0.25, 0.3) is 0 Å². The first-order valence-electron chi connectivity index (χ1n) is 6.27. The Balaban J connectivity index is 2.27. The summed E-state index contributed by atoms with van der Waals surface area (Å²) in [5.74, 6) is 0. The van der Waals surface area contributed by atoms with Gasteiger partial charge in [0.2, 0.25) is 10.0 Å². The number of thiophene rings is 1. The predicted octanol–water partition coefficient (Wildman–Crippen LogP) is 1.02. The van der Waals surface area contributed by atoms with E-state index >= 15 is 0 Å². The third-order valence-corrected chi connectivity index (χ3v) is 6.78. The first-order chi connectivity index (χ1) is 9.45. The van der Waals surface area contributed by atoms with E-state index in [1.807, 2.05) is 6.92 Å². The molecule has 0 spiro atoms. The molecule has 2 heterocycles. The van der Waals surface area contributed by atoms with Crippen LogP contribution in [0.25, 0.3) is 0 Å². The van der Waals surface area contributed by atoms with Crippen molar-refractivity contribution in [1.29, 1.82) is 0 Å². The summed E-state index contributed by atoms with van der Waals surface area (Å²) in [6, 6.07) is 1.82. The van der Waals surface area contributed by atoms with E-state index in [-0.39, 0.29) is 10.3 Å². The minimum absolute atomic E-state index is 0.125. The molecule has 114 valence electrons. The number of likely N-dealkylation sites (N-methyl/N-ethyl adjacent to an activating group) is 1. The topological polar surface area (TPSA) is 84.7 Å². The Hall–Kier alpha value is -0.160. The quantitative estimate of drug-likeness (QED) is 0.754. The van der Waals surface area contributed by atoms with Crippen molar-refractivity contribution in [3.8, 4) is 0 Å². The van der Waals surface area contributed by atoms with Crippen LogP contribution in [0, 0.1) is 0 Å². The number of hydrogen-bond acceptors (Lipinski definition) is 7. The standard InChI is InChI=1S/C11H19N3O3S3/c1-3-13-9-7-14(4-5-17-2)19-11-8(9)6-10(18-11)20(12,15)16/h6,9,13H,3-5,7H2,1-2H3,(H2,12,15,16)/t9-/m0/s1. The van der Waals surface area contributed by atoms with Gasteiger partial charge in [0.1, 0.15) is 4.21 Å². The number of fused-ring (bicyclic) bond motifs is 1. The number of primary sulfonamides is 1. The third-order valence-electron chi connectivity index (χ3n) is 2.95. The van der Waals surface area contributed by atoms with Crippen LogP contribution in [0.4, 0.5) is 0 Å². The molecular formula is C11H19N3O3S3. The van der Waals surface area contributed by atoms with Crippen molar-refractivity contribution in [3.05, 3.63) is 11.6 Å². The highest BCUT2D eigenvalue weighted by Gasteiger charge is 2.29. The molecule has 0 bridgehead atoms. The summed E-state index contributed by atoms with van der Waals surface area (Å²) in [7, 11) is -1.96. The lowest BCUT2D eigenvalue weighted by Gasteiger charge is -2.31. The van der Waals surface area contributed by atoms with E-state index in [1.165, 1.54) is 11.3 Å². The second kappa shape index (κ2) is 6.73. The second-order valence-electron chi connectivity index (χ2n) is 4.44. The van der Waals surface area contributed by atoms with Crippen LogP contribution in [0.1, 0.15) is 18.5 Å². The number of nitrogens with two attached hydrogens (primary N) is 1. The van der Waals surface area contributed by atoms with Gasteiger partial charge in [-0.05, 0) is 30.1 Å². The summed E-state index contributed by atoms with van der Waals surface area (Å²) in [5, 5.41) is 8.61. The SMILES string of the molecule is CCN[C@H]1CN(CCOC)Sc2sc(S(N)(=O)=O)cc21. The lowest BCUT2D eigenvalue weighted by molar-refractivity contribution is 0.178. The maximum Gasteiger partial charge on any atom is 0.247 e. The van der Waals surface area contributed by atoms with E-state index in [2.05, 4.69) is 9.62 Å². The molecule has 0 saturated heterocycles. The average Bonchev–Trinajstić information content (AvgIpc) is 2.80. The Morgan fingerprint density at radius 3 is 2.95 bits per heavy atom. The zero-order valence-electron chi connectivity index (χ0n) is 11.5. The number of ether oxygens (including phenoxy) is 1. The average molecular weight is 337 g/mol. The van der Waals surface area contributed by atoms with Crippen molar-refractivity contribution in [2.75, 3.05) is 33.4 Å². The molecule has 1 aliphatic rings. The highest BCUT2D eigenvalue weighted by atomic mass is 32.3. The molecule has 3 N–H and O–H groups in total. The Kier molecular flexibility index (Phi) is 5.46. The van der Waals surface area contributed by atoms with Crippen LogP contribution in [-0.2, 0) is 14.8 Å². The minimum Gasteiger partial charge on any atom is -0.383 e. The van der Waals surface area contributed by atoms with Crippen molar-refractivity contribution in [2.24, 2.45) is 5.14 Å².